The van der Waals surface area contributed by atoms with Crippen molar-refractivity contribution >= 4 is 40.9 Å². The standard InChI is InChI=1S/C31H20N2O9/c1-18-9-11-20(12-10-18)30(37)42-21-15-13-19(14-16-21)26(34)17-41-31(38)22-5-2-3-7-24(22)32-28(35)23-6-4-8-25(33(39)40)27(23)29(32)36/h2-16H,17H2,1H3. The van der Waals surface area contributed by atoms with Crippen LogP contribution in [0.15, 0.2) is 91.0 Å². The van der Waals surface area contributed by atoms with E-state index in [1.54, 1.807) is 24.3 Å². The lowest BCUT2D eigenvalue weighted by Gasteiger charge is -2.17. The van der Waals surface area contributed by atoms with Crippen molar-refractivity contribution in [1.82, 2.24) is 0 Å². The van der Waals surface area contributed by atoms with Crippen molar-refractivity contribution in [3.05, 3.63) is 134 Å². The number of para-hydroxylation sites is 1. The number of nitrogens with zero attached hydrogens (tertiary/aromatic N) is 2. The van der Waals surface area contributed by atoms with Gasteiger partial charge in [-0.05, 0) is 61.5 Å². The smallest absolute Gasteiger partial charge is 0.343 e. The number of aryl methyl sites for hydroxylation is 1. The third-order valence-electron chi connectivity index (χ3n) is 6.46. The second-order valence-corrected chi connectivity index (χ2v) is 9.20. The Bertz CT molecular complexity index is 1780. The van der Waals surface area contributed by atoms with Crippen LogP contribution in [0.3, 0.4) is 0 Å². The number of Topliss-reactive ketones (excluding diaryl/α,β-unsaturated/α-hetero) is 1. The minimum atomic E-state index is -0.992. The van der Waals surface area contributed by atoms with E-state index in [2.05, 4.69) is 0 Å². The number of amides is 2. The maximum absolute atomic E-state index is 13.1. The quantitative estimate of drug-likeness (QED) is 0.0722. The predicted molar refractivity (Wildman–Crippen MR) is 148 cm³/mol. The van der Waals surface area contributed by atoms with Crippen LogP contribution in [0.1, 0.15) is 57.4 Å². The van der Waals surface area contributed by atoms with Gasteiger partial charge < -0.3 is 9.47 Å². The number of carbonyl (C=O) groups excluding carboxylic acids is 5. The van der Waals surface area contributed by atoms with E-state index in [1.165, 1.54) is 60.7 Å². The molecule has 42 heavy (non-hydrogen) atoms. The third-order valence-corrected chi connectivity index (χ3v) is 6.46. The Hall–Kier alpha value is -5.97. The summed E-state index contributed by atoms with van der Waals surface area (Å²) >= 11 is 0. The largest absolute Gasteiger partial charge is 0.454 e. The fourth-order valence-electron chi connectivity index (χ4n) is 4.34. The Morgan fingerprint density at radius 3 is 2.14 bits per heavy atom. The van der Waals surface area contributed by atoms with E-state index in [0.717, 1.165) is 11.6 Å². The molecule has 0 saturated heterocycles. The Morgan fingerprint density at radius 1 is 0.786 bits per heavy atom. The summed E-state index contributed by atoms with van der Waals surface area (Å²) in [7, 11) is 0. The number of ketones is 1. The average molecular weight is 565 g/mol. The molecule has 0 spiro atoms. The van der Waals surface area contributed by atoms with E-state index in [4.69, 9.17) is 9.47 Å². The van der Waals surface area contributed by atoms with Crippen LogP contribution in [-0.4, -0.2) is 41.1 Å². The summed E-state index contributed by atoms with van der Waals surface area (Å²) in [5.41, 5.74) is 0.130. The van der Waals surface area contributed by atoms with Crippen LogP contribution in [-0.2, 0) is 4.74 Å². The highest BCUT2D eigenvalue weighted by Crippen LogP contribution is 2.35. The molecule has 208 valence electrons. The van der Waals surface area contributed by atoms with Gasteiger partial charge in [-0.3, -0.25) is 24.5 Å². The number of rotatable bonds is 8. The summed E-state index contributed by atoms with van der Waals surface area (Å²) in [5, 5.41) is 11.4. The molecule has 2 amide bonds. The summed E-state index contributed by atoms with van der Waals surface area (Å²) in [6, 6.07) is 21.8. The maximum atomic E-state index is 13.1. The Kier molecular flexibility index (Phi) is 7.40. The second-order valence-electron chi connectivity index (χ2n) is 9.20. The Labute approximate surface area is 238 Å². The van der Waals surface area contributed by atoms with E-state index < -0.39 is 46.8 Å². The average Bonchev–Trinajstić information content (AvgIpc) is 3.25. The molecule has 5 rings (SSSR count). The van der Waals surface area contributed by atoms with Crippen molar-refractivity contribution in [3.63, 3.8) is 0 Å². The Morgan fingerprint density at radius 2 is 1.45 bits per heavy atom. The van der Waals surface area contributed by atoms with E-state index in [0.29, 0.717) is 10.5 Å². The molecule has 1 aliphatic rings. The summed E-state index contributed by atoms with van der Waals surface area (Å²) in [6.45, 7) is 1.23. The molecule has 0 saturated carbocycles. The van der Waals surface area contributed by atoms with E-state index in [1.807, 2.05) is 6.92 Å². The van der Waals surface area contributed by atoms with Gasteiger partial charge in [0.05, 0.1) is 27.3 Å². The SMILES string of the molecule is Cc1ccc(C(=O)Oc2ccc(C(=O)COC(=O)c3ccccc3N3C(=O)c4cccc([N+](=O)[O-])c4C3=O)cc2)cc1. The van der Waals surface area contributed by atoms with Crippen LogP contribution in [0.4, 0.5) is 11.4 Å². The van der Waals surface area contributed by atoms with Crippen molar-refractivity contribution in [2.24, 2.45) is 0 Å². The number of anilines is 1. The normalized spacial score (nSPS) is 12.1. The second kappa shape index (κ2) is 11.3. The minimum Gasteiger partial charge on any atom is -0.454 e. The number of nitro groups is 1. The molecule has 0 atom stereocenters. The molecule has 0 N–H and O–H groups in total. The zero-order valence-electron chi connectivity index (χ0n) is 21.9. The summed E-state index contributed by atoms with van der Waals surface area (Å²) < 4.78 is 10.5. The summed E-state index contributed by atoms with van der Waals surface area (Å²) in [6.07, 6.45) is 0. The van der Waals surface area contributed by atoms with Crippen LogP contribution >= 0.6 is 0 Å². The van der Waals surface area contributed by atoms with Crippen LogP contribution < -0.4 is 9.64 Å². The molecule has 4 aromatic carbocycles. The predicted octanol–water partition coefficient (Wildman–Crippen LogP) is 4.96. The van der Waals surface area contributed by atoms with Gasteiger partial charge >= 0.3 is 11.9 Å². The van der Waals surface area contributed by atoms with Crippen molar-refractivity contribution < 1.29 is 38.4 Å². The van der Waals surface area contributed by atoms with Crippen LogP contribution in [0.25, 0.3) is 0 Å². The van der Waals surface area contributed by atoms with Crippen molar-refractivity contribution in [2.75, 3.05) is 11.5 Å². The van der Waals surface area contributed by atoms with Gasteiger partial charge in [-0.15, -0.1) is 0 Å². The zero-order valence-corrected chi connectivity index (χ0v) is 21.9. The molecule has 0 aliphatic carbocycles. The number of fused-ring (bicyclic) bond motifs is 1. The zero-order chi connectivity index (χ0) is 30.0. The molecule has 0 aromatic heterocycles. The fourth-order valence-corrected chi connectivity index (χ4v) is 4.34. The molecule has 1 aliphatic heterocycles. The third kappa shape index (κ3) is 5.26. The van der Waals surface area contributed by atoms with Gasteiger partial charge in [-0.1, -0.05) is 35.9 Å². The van der Waals surface area contributed by atoms with Crippen molar-refractivity contribution in [1.29, 1.82) is 0 Å². The molecule has 0 bridgehead atoms. The fraction of sp³-hybridized carbons (Fsp3) is 0.0645. The molecule has 11 nitrogen and oxygen atoms in total. The molecule has 11 heteroatoms. The first-order valence-corrected chi connectivity index (χ1v) is 12.5. The molecular weight excluding hydrogens is 544 g/mol. The van der Waals surface area contributed by atoms with Crippen molar-refractivity contribution in [3.8, 4) is 5.75 Å². The lowest BCUT2D eigenvalue weighted by Crippen LogP contribution is -2.31. The topological polar surface area (TPSA) is 150 Å². The number of hydrogen-bond donors (Lipinski definition) is 0. The van der Waals surface area contributed by atoms with Gasteiger partial charge in [0.15, 0.2) is 12.4 Å². The number of ether oxygens (including phenoxy) is 2. The number of imide groups is 1. The minimum absolute atomic E-state index is 0.143. The molecule has 0 fully saturated rings. The van der Waals surface area contributed by atoms with E-state index >= 15 is 0 Å². The monoisotopic (exact) mass is 564 g/mol. The molecule has 4 aromatic rings. The van der Waals surface area contributed by atoms with E-state index in [-0.39, 0.29) is 33.7 Å². The van der Waals surface area contributed by atoms with Crippen molar-refractivity contribution in [2.45, 2.75) is 6.92 Å². The highest BCUT2D eigenvalue weighted by Gasteiger charge is 2.43. The number of carbonyl (C=O) groups is 5. The number of benzene rings is 4. The van der Waals surface area contributed by atoms with Crippen LogP contribution in [0, 0.1) is 17.0 Å². The van der Waals surface area contributed by atoms with E-state index in [9.17, 15) is 34.1 Å². The highest BCUT2D eigenvalue weighted by molar-refractivity contribution is 6.36. The van der Waals surface area contributed by atoms with Gasteiger partial charge in [0, 0.05) is 11.6 Å². The number of esters is 2. The van der Waals surface area contributed by atoms with Gasteiger partial charge in [0.2, 0.25) is 0 Å². The lowest BCUT2D eigenvalue weighted by atomic mass is 10.1. The summed E-state index contributed by atoms with van der Waals surface area (Å²) in [5.74, 6) is -3.69. The molecule has 0 unspecified atom stereocenters. The molecular formula is C31H20N2O9. The Balaban J connectivity index is 1.27. The number of nitro benzene ring substituents is 1. The molecule has 1 heterocycles. The first-order chi connectivity index (χ1) is 20.2. The molecule has 0 radical (unpaired) electrons. The van der Waals surface area contributed by atoms with Gasteiger partial charge in [-0.25, -0.2) is 14.5 Å². The highest BCUT2D eigenvalue weighted by atomic mass is 16.6. The van der Waals surface area contributed by atoms with Gasteiger partial charge in [0.25, 0.3) is 17.5 Å². The number of hydrogen-bond acceptors (Lipinski definition) is 9. The first kappa shape index (κ1) is 27.6. The van der Waals surface area contributed by atoms with Gasteiger partial charge in [0.1, 0.15) is 11.3 Å². The summed E-state index contributed by atoms with van der Waals surface area (Å²) in [4.78, 5) is 75.5. The van der Waals surface area contributed by atoms with Crippen LogP contribution in [0.5, 0.6) is 5.75 Å². The van der Waals surface area contributed by atoms with Gasteiger partial charge in [-0.2, -0.15) is 0 Å². The lowest BCUT2D eigenvalue weighted by molar-refractivity contribution is -0.385. The van der Waals surface area contributed by atoms with Crippen LogP contribution in [0.2, 0.25) is 0 Å². The first-order valence-electron chi connectivity index (χ1n) is 12.5. The maximum Gasteiger partial charge on any atom is 0.343 e.